The molecule has 1 aromatic carbocycles. The van der Waals surface area contributed by atoms with Crippen molar-refractivity contribution in [3.05, 3.63) is 100 Å². The third kappa shape index (κ3) is 9.03. The highest BCUT2D eigenvalue weighted by Crippen LogP contribution is 2.54. The zero-order chi connectivity index (χ0) is 44.8. The van der Waals surface area contributed by atoms with Gasteiger partial charge in [-0.05, 0) is 117 Å². The van der Waals surface area contributed by atoms with Gasteiger partial charge in [0.05, 0.1) is 17.3 Å². The molecule has 3 N–H and O–H groups in total. The molecule has 1 amide bonds. The first-order valence-electron chi connectivity index (χ1n) is 22.8. The van der Waals surface area contributed by atoms with Gasteiger partial charge in [0.2, 0.25) is 5.82 Å². The Bertz CT molecular complexity index is 2640. The maximum absolute atomic E-state index is 13.9. The number of anilines is 2. The lowest BCUT2D eigenvalue weighted by Crippen LogP contribution is -2.55. The number of nitrogens with one attached hydrogen (secondary N) is 3. The summed E-state index contributed by atoms with van der Waals surface area (Å²) in [7, 11) is -4.62. The fourth-order valence-corrected chi connectivity index (χ4v) is 11.6. The number of fused-ring (bicyclic) bond motifs is 1. The fraction of sp³-hybridized carbons (Fsp3) is 0.500. The first-order valence-corrected chi connectivity index (χ1v) is 24.3. The van der Waals surface area contributed by atoms with Gasteiger partial charge >= 0.3 is 5.69 Å². The van der Waals surface area contributed by atoms with Crippen LogP contribution in [-0.2, 0) is 10.0 Å². The second-order valence-corrected chi connectivity index (χ2v) is 21.4. The summed E-state index contributed by atoms with van der Waals surface area (Å²) >= 11 is 0. The SMILES string of the molecule is CC(C)c1ccccc1[C@H]1CCCN1C1CC2(CCN(c3cc(Oc4cnc5[nH]ccc5c4)c(C(=O)NS(=O)(=O)c4cnc(NCC5CCC(C)(C)CC5)c([N+](=O)[O-])c4)cn3)CC2)C1. The van der Waals surface area contributed by atoms with Gasteiger partial charge in [0.1, 0.15) is 33.4 Å². The summed E-state index contributed by atoms with van der Waals surface area (Å²) in [5.74, 6) is 0.829. The smallest absolute Gasteiger partial charge is 0.312 e. The van der Waals surface area contributed by atoms with Crippen LogP contribution in [0.5, 0.6) is 11.5 Å². The summed E-state index contributed by atoms with van der Waals surface area (Å²) in [6.07, 6.45) is 16.6. The average Bonchev–Trinajstić information content (AvgIpc) is 3.95. The lowest BCUT2D eigenvalue weighted by molar-refractivity contribution is -0.384. The largest absolute Gasteiger partial charge is 0.455 e. The molecule has 6 heterocycles. The highest BCUT2D eigenvalue weighted by Gasteiger charge is 2.50. The number of aromatic amines is 1. The maximum atomic E-state index is 13.9. The summed E-state index contributed by atoms with van der Waals surface area (Å²) in [6.45, 7) is 12.2. The van der Waals surface area contributed by atoms with E-state index >= 15 is 0 Å². The average molecular weight is 890 g/mol. The van der Waals surface area contributed by atoms with Gasteiger partial charge in [-0.15, -0.1) is 0 Å². The summed E-state index contributed by atoms with van der Waals surface area (Å²) in [6, 6.07) is 16.2. The second kappa shape index (κ2) is 17.4. The van der Waals surface area contributed by atoms with Gasteiger partial charge in [-0.3, -0.25) is 19.8 Å². The van der Waals surface area contributed by atoms with Crippen molar-refractivity contribution >= 4 is 44.3 Å². The van der Waals surface area contributed by atoms with Gasteiger partial charge in [-0.2, -0.15) is 0 Å². The topological polar surface area (TPSA) is 189 Å². The molecule has 2 aliphatic carbocycles. The van der Waals surface area contributed by atoms with Crippen LogP contribution in [0.15, 0.2) is 78.2 Å². The molecule has 16 heteroatoms. The van der Waals surface area contributed by atoms with Crippen LogP contribution in [0.4, 0.5) is 17.3 Å². The highest BCUT2D eigenvalue weighted by atomic mass is 32.2. The van der Waals surface area contributed by atoms with E-state index in [1.807, 2.05) is 6.07 Å². The standard InChI is InChI=1S/C48H59N9O6S/c1-31(2)37-8-5-6-9-38(37)40-10-7-19-56(40)34-25-48(26-34)16-20-55(21-17-48)43-24-42(63-35-22-33-13-18-49-44(33)52-28-35)39(30-50-43)46(58)54-64(61,62)36-23-41(57(59)60)45(53-29-36)51-27-32-11-14-47(3,4)15-12-32/h5-6,8-9,13,18,22-24,28-32,34,40H,7,10-12,14-17,19-21,25-27H2,1-4H3,(H,49,52)(H,51,53)(H,54,58)/t40-/m1/s1. The number of benzene rings is 1. The van der Waals surface area contributed by atoms with Crippen molar-refractivity contribution in [3.8, 4) is 11.5 Å². The molecule has 338 valence electrons. The molecule has 9 rings (SSSR count). The van der Waals surface area contributed by atoms with Gasteiger partial charge in [0.25, 0.3) is 15.9 Å². The van der Waals surface area contributed by atoms with Crippen LogP contribution in [0.1, 0.15) is 125 Å². The van der Waals surface area contributed by atoms with E-state index in [2.05, 4.69) is 91.7 Å². The van der Waals surface area contributed by atoms with Crippen LogP contribution in [0.25, 0.3) is 11.0 Å². The van der Waals surface area contributed by atoms with Crippen molar-refractivity contribution in [1.82, 2.24) is 29.6 Å². The third-order valence-electron chi connectivity index (χ3n) is 14.5. The van der Waals surface area contributed by atoms with Crippen molar-refractivity contribution < 1.29 is 22.9 Å². The summed E-state index contributed by atoms with van der Waals surface area (Å²) in [5, 5.41) is 16.0. The molecule has 2 saturated heterocycles. The summed E-state index contributed by atoms with van der Waals surface area (Å²) in [4.78, 5) is 46.2. The molecule has 5 aromatic rings. The molecule has 4 aromatic heterocycles. The Labute approximate surface area is 375 Å². The molecule has 15 nitrogen and oxygen atoms in total. The van der Waals surface area contributed by atoms with Crippen molar-refractivity contribution in [1.29, 1.82) is 0 Å². The molecular weight excluding hydrogens is 831 g/mol. The Morgan fingerprint density at radius 2 is 1.73 bits per heavy atom. The minimum atomic E-state index is -4.62. The van der Waals surface area contributed by atoms with Crippen molar-refractivity contribution in [2.75, 3.05) is 36.4 Å². The molecule has 4 fully saturated rings. The number of sulfonamides is 1. The van der Waals surface area contributed by atoms with Crippen molar-refractivity contribution in [2.45, 2.75) is 115 Å². The zero-order valence-corrected chi connectivity index (χ0v) is 38.0. The number of H-pyrrole nitrogens is 1. The van der Waals surface area contributed by atoms with E-state index in [0.29, 0.717) is 47.7 Å². The van der Waals surface area contributed by atoms with Gasteiger partial charge in [-0.1, -0.05) is 52.0 Å². The Morgan fingerprint density at radius 3 is 2.48 bits per heavy atom. The minimum Gasteiger partial charge on any atom is -0.455 e. The Kier molecular flexibility index (Phi) is 11.9. The van der Waals surface area contributed by atoms with Crippen LogP contribution in [0.3, 0.4) is 0 Å². The van der Waals surface area contributed by atoms with E-state index < -0.39 is 31.4 Å². The van der Waals surface area contributed by atoms with Crippen molar-refractivity contribution in [2.24, 2.45) is 16.7 Å². The Balaban J connectivity index is 0.895. The van der Waals surface area contributed by atoms with E-state index in [4.69, 9.17) is 4.74 Å². The van der Waals surface area contributed by atoms with Crippen LogP contribution >= 0.6 is 0 Å². The number of aromatic nitrogens is 4. The molecule has 64 heavy (non-hydrogen) atoms. The number of hydrogen-bond donors (Lipinski definition) is 3. The number of nitrogens with zero attached hydrogens (tertiary/aromatic N) is 6. The van der Waals surface area contributed by atoms with E-state index in [1.165, 1.54) is 49.2 Å². The molecular formula is C48H59N9O6S. The first kappa shape index (κ1) is 43.6. The molecule has 2 saturated carbocycles. The predicted octanol–water partition coefficient (Wildman–Crippen LogP) is 9.51. The molecule has 1 atom stereocenters. The number of carbonyl (C=O) groups excluding carboxylic acids is 1. The second-order valence-electron chi connectivity index (χ2n) is 19.7. The first-order chi connectivity index (χ1) is 30.7. The fourth-order valence-electron chi connectivity index (χ4n) is 10.6. The van der Waals surface area contributed by atoms with Gasteiger partial charge in [0, 0.05) is 61.6 Å². The summed E-state index contributed by atoms with van der Waals surface area (Å²) in [5.41, 5.74) is 3.54. The molecule has 0 radical (unpaired) electrons. The number of ether oxygens (including phenoxy) is 1. The number of rotatable bonds is 13. The lowest BCUT2D eigenvalue weighted by Gasteiger charge is -2.56. The Hall–Kier alpha value is -5.61. The van der Waals surface area contributed by atoms with Crippen LogP contribution in [-0.4, -0.2) is 76.3 Å². The quantitative estimate of drug-likeness (QED) is 0.0751. The molecule has 0 unspecified atom stereocenters. The number of carbonyl (C=O) groups is 1. The van der Waals surface area contributed by atoms with Crippen LogP contribution < -0.4 is 19.7 Å². The number of piperidine rings is 1. The van der Waals surface area contributed by atoms with Crippen LogP contribution in [0.2, 0.25) is 0 Å². The van der Waals surface area contributed by atoms with E-state index in [0.717, 1.165) is 75.8 Å². The van der Waals surface area contributed by atoms with Gasteiger partial charge in [-0.25, -0.2) is 28.1 Å². The van der Waals surface area contributed by atoms with Gasteiger partial charge < -0.3 is 19.9 Å². The summed E-state index contributed by atoms with van der Waals surface area (Å²) < 4.78 is 35.8. The number of hydrogen-bond acceptors (Lipinski definition) is 12. The van der Waals surface area contributed by atoms with E-state index in [1.54, 1.807) is 18.3 Å². The van der Waals surface area contributed by atoms with Crippen molar-refractivity contribution in [3.63, 3.8) is 0 Å². The number of nitro groups is 1. The minimum absolute atomic E-state index is 0.0205. The third-order valence-corrected chi connectivity index (χ3v) is 15.8. The monoisotopic (exact) mass is 889 g/mol. The Morgan fingerprint density at radius 1 is 0.969 bits per heavy atom. The van der Waals surface area contributed by atoms with Gasteiger partial charge in [0.15, 0.2) is 0 Å². The predicted molar refractivity (Wildman–Crippen MR) is 246 cm³/mol. The van der Waals surface area contributed by atoms with E-state index in [9.17, 15) is 23.3 Å². The van der Waals surface area contributed by atoms with Crippen LogP contribution in [0, 0.1) is 26.9 Å². The molecule has 0 bridgehead atoms. The lowest BCUT2D eigenvalue weighted by atomic mass is 9.60. The molecule has 4 aliphatic rings. The maximum Gasteiger partial charge on any atom is 0.312 e. The molecule has 2 aliphatic heterocycles. The number of amides is 1. The zero-order valence-electron chi connectivity index (χ0n) is 37.2. The molecule has 1 spiro atoms. The van der Waals surface area contributed by atoms with E-state index in [-0.39, 0.29) is 28.0 Å². The number of likely N-dealkylation sites (tertiary alicyclic amines) is 1. The normalized spacial score (nSPS) is 20.4. The highest BCUT2D eigenvalue weighted by molar-refractivity contribution is 7.90. The number of pyridine rings is 3.